The van der Waals surface area contributed by atoms with Gasteiger partial charge in [0.25, 0.3) is 0 Å². The van der Waals surface area contributed by atoms with Gasteiger partial charge in [-0.3, -0.25) is 14.5 Å². The summed E-state index contributed by atoms with van der Waals surface area (Å²) in [6, 6.07) is 5.97. The smallest absolute Gasteiger partial charge is 0.244 e. The quantitative estimate of drug-likeness (QED) is 0.345. The summed E-state index contributed by atoms with van der Waals surface area (Å²) in [6.07, 6.45) is 6.40. The van der Waals surface area contributed by atoms with Gasteiger partial charge in [0.2, 0.25) is 5.91 Å². The van der Waals surface area contributed by atoms with E-state index in [0.717, 1.165) is 64.1 Å². The van der Waals surface area contributed by atoms with Crippen LogP contribution < -0.4 is 16.4 Å². The number of nitrogen functional groups attached to an aromatic ring is 1. The lowest BCUT2D eigenvalue weighted by Gasteiger charge is -2.27. The first-order valence-corrected chi connectivity index (χ1v) is 13.3. The zero-order chi connectivity index (χ0) is 27.1. The number of aryl methyl sites for hydroxylation is 1. The van der Waals surface area contributed by atoms with Crippen molar-refractivity contribution in [1.29, 1.82) is 0 Å². The van der Waals surface area contributed by atoms with Crippen molar-refractivity contribution in [3.05, 3.63) is 47.5 Å². The highest BCUT2D eigenvalue weighted by molar-refractivity contribution is 5.95. The Labute approximate surface area is 226 Å². The monoisotopic (exact) mass is 527 g/mol. The van der Waals surface area contributed by atoms with E-state index in [4.69, 9.17) is 15.5 Å². The van der Waals surface area contributed by atoms with Crippen LogP contribution in [0.4, 0.5) is 23.1 Å². The van der Waals surface area contributed by atoms with E-state index < -0.39 is 0 Å². The fourth-order valence-corrected chi connectivity index (χ4v) is 5.55. The van der Waals surface area contributed by atoms with Crippen molar-refractivity contribution in [2.75, 3.05) is 43.2 Å². The molecular formula is C28H33N9O2. The zero-order valence-electron chi connectivity index (χ0n) is 22.5. The number of ether oxygens (including phenoxy) is 1. The number of nitrogens with zero attached hydrogens (tertiary/aromatic N) is 6. The molecule has 0 radical (unpaired) electrons. The van der Waals surface area contributed by atoms with Crippen LogP contribution in [0.2, 0.25) is 0 Å². The SMILES string of the molecule is COC[C@H](C)N1CCc2cc(Nc3cc4cc(-c5cnc6c(c5C)NCCC6)nc(N)c4cn3)nn2CC1=O. The molecule has 0 saturated heterocycles. The van der Waals surface area contributed by atoms with Crippen molar-refractivity contribution >= 4 is 39.8 Å². The van der Waals surface area contributed by atoms with Crippen molar-refractivity contribution in [3.8, 4) is 11.3 Å². The molecule has 4 N–H and O–H groups in total. The molecule has 2 aliphatic rings. The Morgan fingerprint density at radius 2 is 2.05 bits per heavy atom. The van der Waals surface area contributed by atoms with Crippen molar-refractivity contribution < 1.29 is 9.53 Å². The number of aromatic nitrogens is 5. The molecule has 4 aromatic rings. The first kappa shape index (κ1) is 25.1. The van der Waals surface area contributed by atoms with Gasteiger partial charge in [-0.25, -0.2) is 9.97 Å². The second-order valence-electron chi connectivity index (χ2n) is 10.3. The largest absolute Gasteiger partial charge is 0.383 e. The molecule has 0 aliphatic carbocycles. The summed E-state index contributed by atoms with van der Waals surface area (Å²) in [6.45, 7) is 6.39. The Balaban J connectivity index is 1.26. The minimum absolute atomic E-state index is 0.0236. The number of nitrogens with one attached hydrogen (secondary N) is 2. The fourth-order valence-electron chi connectivity index (χ4n) is 5.55. The number of carbonyl (C=O) groups is 1. The van der Waals surface area contributed by atoms with Crippen LogP contribution in [0.3, 0.4) is 0 Å². The topological polar surface area (TPSA) is 136 Å². The lowest BCUT2D eigenvalue weighted by atomic mass is 9.99. The fraction of sp³-hybridized carbons (Fsp3) is 0.393. The standard InChI is InChI=1S/C28H33N9O2/c1-16(15-39-3)36-8-6-19-11-25(35-37(19)14-26(36)38)34-24-10-18-9-23(33-28(29)21(18)13-32-24)20-12-31-22-5-4-7-30-27(22)17(20)2/h9-13,16,30H,4-8,14-15H2,1-3H3,(H2,29,33)(H,32,34,35)/t16-/m0/s1. The summed E-state index contributed by atoms with van der Waals surface area (Å²) >= 11 is 0. The maximum Gasteiger partial charge on any atom is 0.244 e. The Kier molecular flexibility index (Phi) is 6.51. The normalized spacial score (nSPS) is 15.9. The molecule has 0 aromatic carbocycles. The molecule has 1 atom stereocenters. The zero-order valence-corrected chi connectivity index (χ0v) is 22.5. The summed E-state index contributed by atoms with van der Waals surface area (Å²) in [5, 5.41) is 13.1. The van der Waals surface area contributed by atoms with Gasteiger partial charge in [0.15, 0.2) is 5.82 Å². The van der Waals surface area contributed by atoms with E-state index in [1.807, 2.05) is 36.2 Å². The highest BCUT2D eigenvalue weighted by atomic mass is 16.5. The van der Waals surface area contributed by atoms with Crippen LogP contribution in [-0.2, 0) is 28.9 Å². The predicted molar refractivity (Wildman–Crippen MR) is 151 cm³/mol. The van der Waals surface area contributed by atoms with E-state index in [1.165, 1.54) is 0 Å². The van der Waals surface area contributed by atoms with Crippen LogP contribution >= 0.6 is 0 Å². The van der Waals surface area contributed by atoms with Gasteiger partial charge >= 0.3 is 0 Å². The lowest BCUT2D eigenvalue weighted by molar-refractivity contribution is -0.134. The van der Waals surface area contributed by atoms with Gasteiger partial charge in [-0.05, 0) is 49.8 Å². The van der Waals surface area contributed by atoms with Crippen molar-refractivity contribution in [2.45, 2.75) is 45.7 Å². The van der Waals surface area contributed by atoms with Crippen LogP contribution in [0, 0.1) is 6.92 Å². The summed E-state index contributed by atoms with van der Waals surface area (Å²) < 4.78 is 7.01. The van der Waals surface area contributed by atoms with Crippen LogP contribution in [-0.4, -0.2) is 68.4 Å². The molecule has 6 heterocycles. The van der Waals surface area contributed by atoms with E-state index in [0.29, 0.717) is 37.0 Å². The Morgan fingerprint density at radius 1 is 1.18 bits per heavy atom. The first-order valence-electron chi connectivity index (χ1n) is 13.3. The first-order chi connectivity index (χ1) is 18.9. The number of hydrogen-bond donors (Lipinski definition) is 3. The second kappa shape index (κ2) is 10.1. The summed E-state index contributed by atoms with van der Waals surface area (Å²) in [5.41, 5.74) is 12.4. The molecule has 39 heavy (non-hydrogen) atoms. The van der Waals surface area contributed by atoms with E-state index in [-0.39, 0.29) is 18.5 Å². The molecule has 1 amide bonds. The number of methoxy groups -OCH3 is 1. The maximum absolute atomic E-state index is 12.8. The Hall–Kier alpha value is -4.25. The third kappa shape index (κ3) is 4.74. The number of amides is 1. The molecule has 4 aromatic heterocycles. The highest BCUT2D eigenvalue weighted by Crippen LogP contribution is 2.34. The van der Waals surface area contributed by atoms with Crippen LogP contribution in [0.25, 0.3) is 22.0 Å². The van der Waals surface area contributed by atoms with Gasteiger partial charge in [0.1, 0.15) is 18.2 Å². The number of carbonyl (C=O) groups excluding carboxylic acids is 1. The predicted octanol–water partition coefficient (Wildman–Crippen LogP) is 3.30. The van der Waals surface area contributed by atoms with Gasteiger partial charge in [-0.15, -0.1) is 0 Å². The molecule has 11 heteroatoms. The molecule has 6 rings (SSSR count). The number of anilines is 4. The lowest BCUT2D eigenvalue weighted by Crippen LogP contribution is -2.42. The van der Waals surface area contributed by atoms with Crippen LogP contribution in [0.5, 0.6) is 0 Å². The number of hydrogen-bond acceptors (Lipinski definition) is 9. The molecule has 0 bridgehead atoms. The number of pyridine rings is 3. The summed E-state index contributed by atoms with van der Waals surface area (Å²) in [7, 11) is 1.65. The summed E-state index contributed by atoms with van der Waals surface area (Å²) in [5.74, 6) is 1.74. The molecule has 0 saturated carbocycles. The van der Waals surface area contributed by atoms with E-state index in [1.54, 1.807) is 18.0 Å². The highest BCUT2D eigenvalue weighted by Gasteiger charge is 2.26. The number of rotatable bonds is 6. The van der Waals surface area contributed by atoms with Gasteiger partial charge in [-0.1, -0.05) is 0 Å². The van der Waals surface area contributed by atoms with E-state index >= 15 is 0 Å². The second-order valence-corrected chi connectivity index (χ2v) is 10.3. The van der Waals surface area contributed by atoms with Crippen LogP contribution in [0.1, 0.15) is 30.3 Å². The molecule has 11 nitrogen and oxygen atoms in total. The van der Waals surface area contributed by atoms with Gasteiger partial charge in [0.05, 0.1) is 29.7 Å². The molecule has 2 aliphatic heterocycles. The number of fused-ring (bicyclic) bond motifs is 3. The van der Waals surface area contributed by atoms with Crippen molar-refractivity contribution in [3.63, 3.8) is 0 Å². The minimum Gasteiger partial charge on any atom is -0.383 e. The van der Waals surface area contributed by atoms with Crippen molar-refractivity contribution in [1.82, 2.24) is 29.6 Å². The molecule has 0 fully saturated rings. The van der Waals surface area contributed by atoms with Gasteiger partial charge < -0.3 is 26.0 Å². The number of nitrogens with two attached hydrogens (primary N) is 1. The van der Waals surface area contributed by atoms with E-state index in [2.05, 4.69) is 32.6 Å². The molecule has 0 spiro atoms. The van der Waals surface area contributed by atoms with Crippen molar-refractivity contribution in [2.24, 2.45) is 0 Å². The third-order valence-electron chi connectivity index (χ3n) is 7.60. The van der Waals surface area contributed by atoms with Gasteiger partial charge in [-0.2, -0.15) is 5.10 Å². The minimum atomic E-state index is 0.0236. The third-order valence-corrected chi connectivity index (χ3v) is 7.60. The average Bonchev–Trinajstić information content (AvgIpc) is 3.21. The molecular weight excluding hydrogens is 494 g/mol. The Bertz CT molecular complexity index is 1560. The molecule has 0 unspecified atom stereocenters. The van der Waals surface area contributed by atoms with Gasteiger partial charge in [0, 0.05) is 61.7 Å². The Morgan fingerprint density at radius 3 is 2.90 bits per heavy atom. The van der Waals surface area contributed by atoms with Crippen LogP contribution in [0.15, 0.2) is 30.6 Å². The average molecular weight is 528 g/mol. The molecule has 202 valence electrons. The maximum atomic E-state index is 12.8. The van der Waals surface area contributed by atoms with E-state index in [9.17, 15) is 4.79 Å². The summed E-state index contributed by atoms with van der Waals surface area (Å²) in [4.78, 5) is 28.6.